The molecule has 0 radical (unpaired) electrons. The van der Waals surface area contributed by atoms with Crippen LogP contribution in [-0.2, 0) is 6.42 Å². The third-order valence-corrected chi connectivity index (χ3v) is 5.43. The van der Waals surface area contributed by atoms with Gasteiger partial charge in [-0.1, -0.05) is 39.0 Å². The molecule has 0 aliphatic carbocycles. The molecule has 1 saturated heterocycles. The molecule has 0 aromatic heterocycles. The fraction of sp³-hybridized carbons (Fsp3) is 0.684. The van der Waals surface area contributed by atoms with Gasteiger partial charge in [-0.25, -0.2) is 0 Å². The fourth-order valence-electron chi connectivity index (χ4n) is 4.20. The van der Waals surface area contributed by atoms with Crippen LogP contribution in [0.15, 0.2) is 24.3 Å². The van der Waals surface area contributed by atoms with E-state index < -0.39 is 0 Å². The quantitative estimate of drug-likeness (QED) is 0.911. The Morgan fingerprint density at radius 1 is 1.29 bits per heavy atom. The molecule has 0 spiro atoms. The minimum Gasteiger partial charge on any atom is -0.370 e. The summed E-state index contributed by atoms with van der Waals surface area (Å²) in [5, 5.41) is 3.59. The number of hydrogen-bond acceptors (Lipinski definition) is 2. The van der Waals surface area contributed by atoms with E-state index in [1.165, 1.54) is 56.7 Å². The summed E-state index contributed by atoms with van der Waals surface area (Å²) in [6, 6.07) is 9.01. The van der Waals surface area contributed by atoms with E-state index in [9.17, 15) is 0 Å². The van der Waals surface area contributed by atoms with Crippen molar-refractivity contribution in [2.75, 3.05) is 31.1 Å². The highest BCUT2D eigenvalue weighted by Gasteiger charge is 2.34. The topological polar surface area (TPSA) is 15.3 Å². The number of para-hydroxylation sites is 1. The Bertz CT molecular complexity index is 474. The minimum atomic E-state index is 0.373. The Kier molecular flexibility index (Phi) is 4.26. The predicted octanol–water partition coefficient (Wildman–Crippen LogP) is 3.71. The van der Waals surface area contributed by atoms with Gasteiger partial charge < -0.3 is 10.2 Å². The van der Waals surface area contributed by atoms with E-state index in [0.717, 1.165) is 11.8 Å². The van der Waals surface area contributed by atoms with Crippen LogP contribution in [0.25, 0.3) is 0 Å². The molecule has 2 aliphatic rings. The van der Waals surface area contributed by atoms with E-state index in [0.29, 0.717) is 5.41 Å². The van der Waals surface area contributed by atoms with Gasteiger partial charge in [0.15, 0.2) is 0 Å². The van der Waals surface area contributed by atoms with Crippen LogP contribution in [0.1, 0.15) is 39.2 Å². The summed E-state index contributed by atoms with van der Waals surface area (Å²) in [5.41, 5.74) is 3.39. The highest BCUT2D eigenvalue weighted by Crippen LogP contribution is 2.37. The van der Waals surface area contributed by atoms with Gasteiger partial charge in [-0.2, -0.15) is 0 Å². The lowest BCUT2D eigenvalue weighted by Gasteiger charge is -2.44. The lowest BCUT2D eigenvalue weighted by atomic mass is 9.74. The van der Waals surface area contributed by atoms with E-state index in [1.807, 2.05) is 0 Å². The molecule has 2 atom stereocenters. The van der Waals surface area contributed by atoms with E-state index in [1.54, 1.807) is 0 Å². The highest BCUT2D eigenvalue weighted by molar-refractivity contribution is 5.55. The third kappa shape index (κ3) is 3.26. The second kappa shape index (κ2) is 6.00. The molecule has 1 N–H and O–H groups in total. The largest absolute Gasteiger partial charge is 0.370 e. The Labute approximate surface area is 129 Å². The van der Waals surface area contributed by atoms with Crippen LogP contribution < -0.4 is 10.2 Å². The minimum absolute atomic E-state index is 0.373. The van der Waals surface area contributed by atoms with Crippen LogP contribution in [0.3, 0.4) is 0 Å². The van der Waals surface area contributed by atoms with E-state index in [-0.39, 0.29) is 0 Å². The molecule has 116 valence electrons. The maximum absolute atomic E-state index is 3.59. The Hall–Kier alpha value is -1.02. The van der Waals surface area contributed by atoms with Gasteiger partial charge in [-0.05, 0) is 61.2 Å². The summed E-state index contributed by atoms with van der Waals surface area (Å²) in [6.45, 7) is 12.1. The van der Waals surface area contributed by atoms with Crippen molar-refractivity contribution in [1.82, 2.24) is 5.32 Å². The Morgan fingerprint density at radius 3 is 2.86 bits per heavy atom. The molecular formula is C19H30N2. The van der Waals surface area contributed by atoms with Crippen LogP contribution in [0.2, 0.25) is 0 Å². The first-order chi connectivity index (χ1) is 10.1. The fourth-order valence-corrected chi connectivity index (χ4v) is 4.20. The number of piperidine rings is 1. The molecule has 3 rings (SSSR count). The van der Waals surface area contributed by atoms with Crippen LogP contribution in [0.4, 0.5) is 5.69 Å². The van der Waals surface area contributed by atoms with Gasteiger partial charge in [0.2, 0.25) is 0 Å². The number of anilines is 1. The zero-order valence-corrected chi connectivity index (χ0v) is 13.9. The average Bonchev–Trinajstić information content (AvgIpc) is 2.47. The first kappa shape index (κ1) is 14.9. The number of rotatable bonds is 3. The summed E-state index contributed by atoms with van der Waals surface area (Å²) < 4.78 is 0. The molecule has 0 amide bonds. The standard InChI is InChI=1S/C19H30N2/c1-15-11-16-7-4-5-9-18(16)21(13-15)14-19(2,3)17-8-6-10-20-12-17/h4-5,7,9,15,17,20H,6,8,10-14H2,1-3H3. The second-order valence-electron chi connectivity index (χ2n) is 7.85. The maximum Gasteiger partial charge on any atom is 0.0399 e. The molecule has 0 bridgehead atoms. The van der Waals surface area contributed by atoms with Gasteiger partial charge in [0, 0.05) is 18.8 Å². The van der Waals surface area contributed by atoms with Gasteiger partial charge in [0.05, 0.1) is 0 Å². The zero-order chi connectivity index (χ0) is 14.9. The monoisotopic (exact) mass is 286 g/mol. The SMILES string of the molecule is CC1Cc2ccccc2N(CC(C)(C)C2CCCNC2)C1. The summed E-state index contributed by atoms with van der Waals surface area (Å²) in [6.07, 6.45) is 3.95. The number of hydrogen-bond donors (Lipinski definition) is 1. The average molecular weight is 286 g/mol. The normalized spacial score (nSPS) is 26.5. The molecule has 2 heteroatoms. The summed E-state index contributed by atoms with van der Waals surface area (Å²) in [7, 11) is 0. The van der Waals surface area contributed by atoms with Crippen molar-refractivity contribution >= 4 is 5.69 Å². The first-order valence-electron chi connectivity index (χ1n) is 8.60. The molecule has 2 unspecified atom stereocenters. The highest BCUT2D eigenvalue weighted by atomic mass is 15.1. The van der Waals surface area contributed by atoms with Crippen LogP contribution >= 0.6 is 0 Å². The van der Waals surface area contributed by atoms with Gasteiger partial charge in [-0.15, -0.1) is 0 Å². The smallest absolute Gasteiger partial charge is 0.0399 e. The van der Waals surface area contributed by atoms with Gasteiger partial charge in [0.25, 0.3) is 0 Å². The molecule has 2 aliphatic heterocycles. The van der Waals surface area contributed by atoms with Crippen LogP contribution in [-0.4, -0.2) is 26.2 Å². The third-order valence-electron chi connectivity index (χ3n) is 5.43. The van der Waals surface area contributed by atoms with Crippen molar-refractivity contribution in [2.45, 2.75) is 40.0 Å². The van der Waals surface area contributed by atoms with Gasteiger partial charge in [0.1, 0.15) is 0 Å². The predicted molar refractivity (Wildman–Crippen MR) is 90.9 cm³/mol. The Morgan fingerprint density at radius 2 is 2.10 bits per heavy atom. The molecule has 2 nitrogen and oxygen atoms in total. The second-order valence-corrected chi connectivity index (χ2v) is 7.85. The summed E-state index contributed by atoms with van der Waals surface area (Å²) in [4.78, 5) is 2.65. The van der Waals surface area contributed by atoms with Gasteiger partial charge in [-0.3, -0.25) is 0 Å². The van der Waals surface area contributed by atoms with Crippen LogP contribution in [0, 0.1) is 17.3 Å². The van der Waals surface area contributed by atoms with Crippen molar-refractivity contribution in [3.63, 3.8) is 0 Å². The molecule has 1 aromatic carbocycles. The van der Waals surface area contributed by atoms with Crippen molar-refractivity contribution in [3.8, 4) is 0 Å². The molecule has 0 saturated carbocycles. The number of benzene rings is 1. The molecular weight excluding hydrogens is 256 g/mol. The molecule has 1 fully saturated rings. The van der Waals surface area contributed by atoms with E-state index >= 15 is 0 Å². The van der Waals surface area contributed by atoms with Crippen molar-refractivity contribution in [1.29, 1.82) is 0 Å². The zero-order valence-electron chi connectivity index (χ0n) is 13.9. The lowest BCUT2D eigenvalue weighted by Crippen LogP contribution is -2.47. The molecule has 21 heavy (non-hydrogen) atoms. The molecule has 1 aromatic rings. The van der Waals surface area contributed by atoms with E-state index in [4.69, 9.17) is 0 Å². The van der Waals surface area contributed by atoms with Crippen molar-refractivity contribution < 1.29 is 0 Å². The number of fused-ring (bicyclic) bond motifs is 1. The van der Waals surface area contributed by atoms with Crippen LogP contribution in [0.5, 0.6) is 0 Å². The lowest BCUT2D eigenvalue weighted by molar-refractivity contribution is 0.174. The first-order valence-corrected chi connectivity index (χ1v) is 8.60. The van der Waals surface area contributed by atoms with E-state index in [2.05, 4.69) is 55.3 Å². The maximum atomic E-state index is 3.59. The van der Waals surface area contributed by atoms with Crippen molar-refractivity contribution in [2.24, 2.45) is 17.3 Å². The van der Waals surface area contributed by atoms with Crippen molar-refractivity contribution in [3.05, 3.63) is 29.8 Å². The summed E-state index contributed by atoms with van der Waals surface area (Å²) in [5.74, 6) is 1.57. The number of nitrogens with one attached hydrogen (secondary N) is 1. The summed E-state index contributed by atoms with van der Waals surface area (Å²) >= 11 is 0. The molecule has 2 heterocycles. The number of nitrogens with zero attached hydrogens (tertiary/aromatic N) is 1. The Balaban J connectivity index is 1.77. The van der Waals surface area contributed by atoms with Gasteiger partial charge >= 0.3 is 0 Å².